The molecule has 2 N–H and O–H groups in total. The van der Waals surface area contributed by atoms with Crippen LogP contribution in [0.1, 0.15) is 39.2 Å². The highest BCUT2D eigenvalue weighted by Gasteiger charge is 2.19. The number of hydrogen-bond donors (Lipinski definition) is 2. The normalized spacial score (nSPS) is 14.2. The molecule has 0 spiro atoms. The zero-order valence-corrected chi connectivity index (χ0v) is 24.2. The zero-order chi connectivity index (χ0) is 28.0. The van der Waals surface area contributed by atoms with Crippen molar-refractivity contribution in [3.8, 4) is 11.4 Å². The van der Waals surface area contributed by atoms with Crippen molar-refractivity contribution in [2.75, 3.05) is 30.9 Å². The summed E-state index contributed by atoms with van der Waals surface area (Å²) >= 11 is 14.0. The van der Waals surface area contributed by atoms with Crippen LogP contribution in [-0.2, 0) is 19.7 Å². The molecule has 1 aromatic heterocycles. The molecule has 1 aliphatic heterocycles. The highest BCUT2D eigenvalue weighted by atomic mass is 35.5. The Labute approximate surface area is 241 Å². The fraction of sp³-hybridized carbons (Fsp3) is 0.423. The van der Waals surface area contributed by atoms with Crippen LogP contribution in [0.3, 0.4) is 0 Å². The Hall–Kier alpha value is -2.86. The van der Waals surface area contributed by atoms with E-state index in [2.05, 4.69) is 46.9 Å². The van der Waals surface area contributed by atoms with Crippen LogP contribution < -0.4 is 15.4 Å². The maximum atomic E-state index is 12.6. The van der Waals surface area contributed by atoms with Crippen LogP contribution in [0.25, 0.3) is 5.69 Å². The molecule has 208 valence electrons. The first-order valence-corrected chi connectivity index (χ1v) is 14.1. The van der Waals surface area contributed by atoms with E-state index in [4.69, 9.17) is 32.7 Å². The third kappa shape index (κ3) is 8.07. The van der Waals surface area contributed by atoms with Gasteiger partial charge in [-0.2, -0.15) is 4.68 Å². The molecule has 0 saturated carbocycles. The Morgan fingerprint density at radius 1 is 1.10 bits per heavy atom. The highest BCUT2D eigenvalue weighted by Crippen LogP contribution is 2.31. The SMILES string of the molecule is CC(C)(C)c1ccc(-n2nnnc2SCC(=O)Nc2ccc(OCC(=O)NC3CCOCC3)cc2Cl)c(Cl)c1. The second-order valence-electron chi connectivity index (χ2n) is 10.0. The smallest absolute Gasteiger partial charge is 0.258 e. The van der Waals surface area contributed by atoms with Crippen molar-refractivity contribution in [2.24, 2.45) is 0 Å². The molecule has 3 aromatic rings. The van der Waals surface area contributed by atoms with Gasteiger partial charge in [0.05, 0.1) is 27.2 Å². The van der Waals surface area contributed by atoms with E-state index >= 15 is 0 Å². The molecule has 1 fully saturated rings. The molecule has 0 bridgehead atoms. The quantitative estimate of drug-likeness (QED) is 0.344. The fourth-order valence-electron chi connectivity index (χ4n) is 3.83. The number of tetrazole rings is 1. The molecule has 2 aromatic carbocycles. The molecule has 4 rings (SSSR count). The van der Waals surface area contributed by atoms with E-state index in [0.29, 0.717) is 40.5 Å². The molecule has 2 amide bonds. The van der Waals surface area contributed by atoms with E-state index in [9.17, 15) is 9.59 Å². The lowest BCUT2D eigenvalue weighted by molar-refractivity contribution is -0.124. The maximum Gasteiger partial charge on any atom is 0.258 e. The minimum Gasteiger partial charge on any atom is -0.484 e. The van der Waals surface area contributed by atoms with Crippen LogP contribution in [-0.4, -0.2) is 63.6 Å². The lowest BCUT2D eigenvalue weighted by Crippen LogP contribution is -2.41. The number of halogens is 2. The van der Waals surface area contributed by atoms with Crippen LogP contribution in [0.15, 0.2) is 41.6 Å². The third-order valence-electron chi connectivity index (χ3n) is 5.99. The minimum atomic E-state index is -0.296. The van der Waals surface area contributed by atoms with Crippen molar-refractivity contribution in [3.63, 3.8) is 0 Å². The van der Waals surface area contributed by atoms with Crippen molar-refractivity contribution in [1.82, 2.24) is 25.5 Å². The number of nitrogens with one attached hydrogen (secondary N) is 2. The first-order chi connectivity index (χ1) is 18.6. The number of hydrogen-bond acceptors (Lipinski definition) is 8. The van der Waals surface area contributed by atoms with Crippen LogP contribution in [0.2, 0.25) is 10.0 Å². The highest BCUT2D eigenvalue weighted by molar-refractivity contribution is 7.99. The lowest BCUT2D eigenvalue weighted by Gasteiger charge is -2.23. The van der Waals surface area contributed by atoms with Crippen molar-refractivity contribution < 1.29 is 19.1 Å². The van der Waals surface area contributed by atoms with E-state index in [1.807, 2.05) is 18.2 Å². The molecule has 1 saturated heterocycles. The topological polar surface area (TPSA) is 120 Å². The van der Waals surface area contributed by atoms with Crippen molar-refractivity contribution in [3.05, 3.63) is 52.0 Å². The predicted molar refractivity (Wildman–Crippen MR) is 151 cm³/mol. The van der Waals surface area contributed by atoms with Gasteiger partial charge in [-0.3, -0.25) is 9.59 Å². The molecule has 1 aliphatic rings. The lowest BCUT2D eigenvalue weighted by atomic mass is 9.87. The molecule has 2 heterocycles. The van der Waals surface area contributed by atoms with E-state index in [-0.39, 0.29) is 40.7 Å². The maximum absolute atomic E-state index is 12.6. The van der Waals surface area contributed by atoms with Crippen LogP contribution in [0, 0.1) is 0 Å². The first-order valence-electron chi connectivity index (χ1n) is 12.4. The van der Waals surface area contributed by atoms with Gasteiger partial charge in [-0.05, 0) is 58.5 Å². The van der Waals surface area contributed by atoms with E-state index in [1.165, 1.54) is 4.68 Å². The number of thioether (sulfide) groups is 1. The summed E-state index contributed by atoms with van der Waals surface area (Å²) in [7, 11) is 0. The second-order valence-corrected chi connectivity index (χ2v) is 11.8. The number of carbonyl (C=O) groups is 2. The summed E-state index contributed by atoms with van der Waals surface area (Å²) in [4.78, 5) is 24.8. The summed E-state index contributed by atoms with van der Waals surface area (Å²) in [5.74, 6) is -0.0432. The molecule has 0 radical (unpaired) electrons. The van der Waals surface area contributed by atoms with E-state index in [0.717, 1.165) is 30.2 Å². The molecule has 39 heavy (non-hydrogen) atoms. The molecule has 0 unspecified atom stereocenters. The van der Waals surface area contributed by atoms with Crippen LogP contribution in [0.5, 0.6) is 5.75 Å². The van der Waals surface area contributed by atoms with E-state index in [1.54, 1.807) is 18.2 Å². The third-order valence-corrected chi connectivity index (χ3v) is 7.52. The van der Waals surface area contributed by atoms with Gasteiger partial charge in [0.25, 0.3) is 5.91 Å². The Morgan fingerprint density at radius 2 is 1.87 bits per heavy atom. The number of nitrogens with zero attached hydrogens (tertiary/aromatic N) is 4. The number of carbonyl (C=O) groups excluding carboxylic acids is 2. The molecule has 0 aliphatic carbocycles. The summed E-state index contributed by atoms with van der Waals surface area (Å²) in [6.07, 6.45) is 1.58. The average molecular weight is 594 g/mol. The average Bonchev–Trinajstić information content (AvgIpc) is 3.36. The summed E-state index contributed by atoms with van der Waals surface area (Å²) in [5.41, 5.74) is 2.08. The molecule has 10 nitrogen and oxygen atoms in total. The standard InChI is InChI=1S/C26H30Cl2N6O4S/c1-26(2,3)16-4-7-22(20(28)12-16)34-25(31-32-33-34)39-15-24(36)30-21-6-5-18(13-19(21)27)38-14-23(35)29-17-8-10-37-11-9-17/h4-7,12-13,17H,8-11,14-15H2,1-3H3,(H,29,35)(H,30,36). The van der Waals surface area contributed by atoms with Gasteiger partial charge >= 0.3 is 0 Å². The van der Waals surface area contributed by atoms with Gasteiger partial charge in [-0.15, -0.1) is 5.10 Å². The Bertz CT molecular complexity index is 1320. The number of aromatic nitrogens is 4. The minimum absolute atomic E-state index is 0.0407. The van der Waals surface area contributed by atoms with Gasteiger partial charge < -0.3 is 20.1 Å². The second kappa shape index (κ2) is 13.0. The molecular formula is C26H30Cl2N6O4S. The summed E-state index contributed by atoms with van der Waals surface area (Å²) in [6, 6.07) is 10.7. The van der Waals surface area contributed by atoms with Crippen LogP contribution >= 0.6 is 35.0 Å². The van der Waals surface area contributed by atoms with Crippen LogP contribution in [0.4, 0.5) is 5.69 Å². The van der Waals surface area contributed by atoms with Gasteiger partial charge in [-0.1, -0.05) is 61.8 Å². The molecule has 0 atom stereocenters. The summed E-state index contributed by atoms with van der Waals surface area (Å²) < 4.78 is 12.4. The van der Waals surface area contributed by atoms with Gasteiger partial charge in [0.1, 0.15) is 5.75 Å². The largest absolute Gasteiger partial charge is 0.484 e. The predicted octanol–water partition coefficient (Wildman–Crippen LogP) is 4.67. The number of benzene rings is 2. The molecular weight excluding hydrogens is 563 g/mol. The van der Waals surface area contributed by atoms with Crippen molar-refractivity contribution in [2.45, 2.75) is 50.2 Å². The van der Waals surface area contributed by atoms with Gasteiger partial charge in [0, 0.05) is 25.3 Å². The Morgan fingerprint density at radius 3 is 2.56 bits per heavy atom. The van der Waals surface area contributed by atoms with Gasteiger partial charge in [0.2, 0.25) is 11.1 Å². The van der Waals surface area contributed by atoms with E-state index < -0.39 is 0 Å². The monoisotopic (exact) mass is 592 g/mol. The van der Waals surface area contributed by atoms with Gasteiger partial charge in [0.15, 0.2) is 6.61 Å². The Balaban J connectivity index is 1.29. The zero-order valence-electron chi connectivity index (χ0n) is 21.9. The Kier molecular flexibility index (Phi) is 9.71. The van der Waals surface area contributed by atoms with Crippen molar-refractivity contribution >= 4 is 52.5 Å². The first kappa shape index (κ1) is 29.1. The summed E-state index contributed by atoms with van der Waals surface area (Å²) in [5, 5.41) is 18.7. The van der Waals surface area contributed by atoms with Crippen molar-refractivity contribution in [1.29, 1.82) is 0 Å². The molecule has 13 heteroatoms. The number of rotatable bonds is 9. The van der Waals surface area contributed by atoms with Gasteiger partial charge in [-0.25, -0.2) is 0 Å². The number of anilines is 1. The number of amides is 2. The number of ether oxygens (including phenoxy) is 2. The summed E-state index contributed by atoms with van der Waals surface area (Å²) in [6.45, 7) is 7.48. The fourth-order valence-corrected chi connectivity index (χ4v) is 4.99.